The predicted molar refractivity (Wildman–Crippen MR) is 80.8 cm³/mol. The molecule has 2 aromatic rings. The molecule has 1 N–H and O–H groups in total. The van der Waals surface area contributed by atoms with Gasteiger partial charge in [-0.1, -0.05) is 29.3 Å². The maximum atomic E-state index is 12.6. The monoisotopic (exact) mass is 345 g/mol. The molecule has 0 unspecified atom stereocenters. The first-order valence-electron chi connectivity index (χ1n) is 6.42. The average molecular weight is 346 g/mol. The van der Waals surface area contributed by atoms with E-state index in [0.717, 1.165) is 18.4 Å². The van der Waals surface area contributed by atoms with Crippen LogP contribution in [0.1, 0.15) is 18.4 Å². The van der Waals surface area contributed by atoms with Gasteiger partial charge >= 0.3 is 0 Å². The van der Waals surface area contributed by atoms with Gasteiger partial charge in [-0.15, -0.1) is 0 Å². The third-order valence-corrected chi connectivity index (χ3v) is 5.90. The van der Waals surface area contributed by atoms with Crippen molar-refractivity contribution in [2.45, 2.75) is 30.5 Å². The van der Waals surface area contributed by atoms with Crippen LogP contribution in [0.3, 0.4) is 0 Å². The third kappa shape index (κ3) is 3.08. The number of hydrogen-bond donors (Lipinski definition) is 1. The summed E-state index contributed by atoms with van der Waals surface area (Å²) in [7, 11) is -3.58. The Morgan fingerprint density at radius 3 is 2.62 bits per heavy atom. The van der Waals surface area contributed by atoms with Crippen LogP contribution in [-0.4, -0.2) is 28.7 Å². The van der Waals surface area contributed by atoms with Gasteiger partial charge in [-0.05, 0) is 30.5 Å². The summed E-state index contributed by atoms with van der Waals surface area (Å²) in [6.07, 6.45) is 4.42. The maximum Gasteiger partial charge on any atom is 0.260 e. The van der Waals surface area contributed by atoms with Crippen molar-refractivity contribution >= 4 is 33.2 Å². The van der Waals surface area contributed by atoms with Crippen LogP contribution >= 0.6 is 23.2 Å². The normalized spacial score (nSPS) is 15.6. The molecule has 0 radical (unpaired) electrons. The molecule has 0 spiro atoms. The van der Waals surface area contributed by atoms with Crippen molar-refractivity contribution in [3.05, 3.63) is 46.3 Å². The average Bonchev–Trinajstić information content (AvgIpc) is 3.11. The summed E-state index contributed by atoms with van der Waals surface area (Å²) in [5.41, 5.74) is 0.805. The third-order valence-electron chi connectivity index (χ3n) is 3.34. The van der Waals surface area contributed by atoms with E-state index in [-0.39, 0.29) is 17.6 Å². The fourth-order valence-corrected chi connectivity index (χ4v) is 3.99. The van der Waals surface area contributed by atoms with Gasteiger partial charge in [0.25, 0.3) is 10.0 Å². The van der Waals surface area contributed by atoms with E-state index in [1.807, 2.05) is 0 Å². The number of imidazole rings is 1. The Hall–Kier alpha value is -1.08. The highest BCUT2D eigenvalue weighted by molar-refractivity contribution is 7.89. The van der Waals surface area contributed by atoms with Gasteiger partial charge in [0.2, 0.25) is 0 Å². The fraction of sp³-hybridized carbons (Fsp3) is 0.308. The number of hydrogen-bond acceptors (Lipinski definition) is 3. The lowest BCUT2D eigenvalue weighted by atomic mass is 10.2. The smallest absolute Gasteiger partial charge is 0.260 e. The Morgan fingerprint density at radius 1 is 1.29 bits per heavy atom. The Labute approximate surface area is 132 Å². The molecule has 1 fully saturated rings. The molecular formula is C13H13Cl2N3O2S. The minimum Gasteiger partial charge on any atom is -0.335 e. The summed E-state index contributed by atoms with van der Waals surface area (Å²) in [6, 6.07) is 5.19. The van der Waals surface area contributed by atoms with Gasteiger partial charge in [0.15, 0.2) is 5.03 Å². The zero-order valence-electron chi connectivity index (χ0n) is 11.0. The van der Waals surface area contributed by atoms with E-state index in [0.29, 0.717) is 10.0 Å². The molecule has 0 bridgehead atoms. The first kappa shape index (κ1) is 14.8. The minimum absolute atomic E-state index is 0.0350. The topological polar surface area (TPSA) is 66.1 Å². The summed E-state index contributed by atoms with van der Waals surface area (Å²) in [6.45, 7) is 0.267. The van der Waals surface area contributed by atoms with Gasteiger partial charge in [0.1, 0.15) is 0 Å². The molecule has 5 nitrogen and oxygen atoms in total. The van der Waals surface area contributed by atoms with Gasteiger partial charge in [-0.25, -0.2) is 13.4 Å². The van der Waals surface area contributed by atoms with Crippen LogP contribution < -0.4 is 0 Å². The molecule has 112 valence electrons. The molecule has 1 aliphatic rings. The van der Waals surface area contributed by atoms with Gasteiger partial charge in [0, 0.05) is 12.6 Å². The van der Waals surface area contributed by atoms with Crippen molar-refractivity contribution < 1.29 is 8.42 Å². The summed E-state index contributed by atoms with van der Waals surface area (Å²) in [5.74, 6) is 0. The summed E-state index contributed by atoms with van der Waals surface area (Å²) < 4.78 is 26.7. The second-order valence-corrected chi connectivity index (χ2v) is 7.62. The molecule has 1 aliphatic carbocycles. The second kappa shape index (κ2) is 5.61. The molecular weight excluding hydrogens is 333 g/mol. The van der Waals surface area contributed by atoms with E-state index in [1.165, 1.54) is 16.8 Å². The molecule has 0 amide bonds. The first-order chi connectivity index (χ1) is 9.98. The number of rotatable bonds is 5. The highest BCUT2D eigenvalue weighted by Gasteiger charge is 2.38. The number of H-pyrrole nitrogens is 1. The highest BCUT2D eigenvalue weighted by Crippen LogP contribution is 2.33. The molecule has 3 rings (SSSR count). The zero-order valence-corrected chi connectivity index (χ0v) is 13.3. The quantitative estimate of drug-likeness (QED) is 0.905. The summed E-state index contributed by atoms with van der Waals surface area (Å²) >= 11 is 11.9. The van der Waals surface area contributed by atoms with Crippen LogP contribution in [0.25, 0.3) is 0 Å². The molecule has 1 saturated carbocycles. The van der Waals surface area contributed by atoms with Crippen molar-refractivity contribution in [1.82, 2.24) is 14.3 Å². The number of aromatic amines is 1. The number of sulfonamides is 1. The Morgan fingerprint density at radius 2 is 2.05 bits per heavy atom. The van der Waals surface area contributed by atoms with Crippen LogP contribution in [-0.2, 0) is 16.6 Å². The summed E-state index contributed by atoms with van der Waals surface area (Å²) in [5, 5.41) is 0.980. The molecule has 0 aliphatic heterocycles. The summed E-state index contributed by atoms with van der Waals surface area (Å²) in [4.78, 5) is 6.44. The first-order valence-corrected chi connectivity index (χ1v) is 8.62. The predicted octanol–water partition coefficient (Wildman–Crippen LogP) is 3.07. The van der Waals surface area contributed by atoms with Gasteiger partial charge in [-0.3, -0.25) is 0 Å². The van der Waals surface area contributed by atoms with Gasteiger partial charge < -0.3 is 4.98 Å². The molecule has 21 heavy (non-hydrogen) atoms. The second-order valence-electron chi connectivity index (χ2n) is 4.95. The SMILES string of the molecule is O=S(=O)(c1cnc[nH]1)N(Cc1ccc(Cl)c(Cl)c1)C1CC1. The standard InChI is InChI=1S/C13H13Cl2N3O2S/c14-11-4-1-9(5-12(11)15)7-18(10-2-3-10)21(19,20)13-6-16-8-17-13/h1,4-6,8,10H,2-3,7H2,(H,16,17). The Kier molecular flexibility index (Phi) is 3.96. The number of benzene rings is 1. The number of nitrogens with one attached hydrogen (secondary N) is 1. The minimum atomic E-state index is -3.58. The molecule has 1 aromatic heterocycles. The molecule has 1 aromatic carbocycles. The lowest BCUT2D eigenvalue weighted by Gasteiger charge is -2.21. The van der Waals surface area contributed by atoms with E-state index in [2.05, 4.69) is 9.97 Å². The maximum absolute atomic E-state index is 12.6. The Bertz CT molecular complexity index is 743. The van der Waals surface area contributed by atoms with Gasteiger partial charge in [0.05, 0.1) is 22.6 Å². The lowest BCUT2D eigenvalue weighted by molar-refractivity contribution is 0.397. The Balaban J connectivity index is 1.90. The van der Waals surface area contributed by atoms with Crippen molar-refractivity contribution in [1.29, 1.82) is 0 Å². The zero-order chi connectivity index (χ0) is 15.0. The van der Waals surface area contributed by atoms with Crippen molar-refractivity contribution in [3.63, 3.8) is 0 Å². The van der Waals surface area contributed by atoms with Crippen LogP contribution in [0.2, 0.25) is 10.0 Å². The fourth-order valence-electron chi connectivity index (χ4n) is 2.10. The van der Waals surface area contributed by atoms with E-state index in [4.69, 9.17) is 23.2 Å². The van der Waals surface area contributed by atoms with E-state index < -0.39 is 10.0 Å². The molecule has 0 saturated heterocycles. The van der Waals surface area contributed by atoms with Crippen molar-refractivity contribution in [2.75, 3.05) is 0 Å². The molecule has 1 heterocycles. The van der Waals surface area contributed by atoms with Crippen LogP contribution in [0.5, 0.6) is 0 Å². The largest absolute Gasteiger partial charge is 0.335 e. The number of halogens is 2. The van der Waals surface area contributed by atoms with Crippen LogP contribution in [0.15, 0.2) is 35.7 Å². The van der Waals surface area contributed by atoms with E-state index >= 15 is 0 Å². The molecule has 0 atom stereocenters. The number of aromatic nitrogens is 2. The number of nitrogens with zero attached hydrogens (tertiary/aromatic N) is 2. The van der Waals surface area contributed by atoms with Crippen molar-refractivity contribution in [2.24, 2.45) is 0 Å². The van der Waals surface area contributed by atoms with Crippen LogP contribution in [0, 0.1) is 0 Å². The lowest BCUT2D eigenvalue weighted by Crippen LogP contribution is -2.32. The van der Waals surface area contributed by atoms with Gasteiger partial charge in [-0.2, -0.15) is 4.31 Å². The van der Waals surface area contributed by atoms with E-state index in [9.17, 15) is 8.42 Å². The highest BCUT2D eigenvalue weighted by atomic mass is 35.5. The van der Waals surface area contributed by atoms with Crippen molar-refractivity contribution in [3.8, 4) is 0 Å². The van der Waals surface area contributed by atoms with Crippen LogP contribution in [0.4, 0.5) is 0 Å². The molecule has 8 heteroatoms. The van der Waals surface area contributed by atoms with E-state index in [1.54, 1.807) is 18.2 Å².